The second-order valence-corrected chi connectivity index (χ2v) is 7.72. The minimum atomic E-state index is -3.99. The average molecular weight is 383 g/mol. The van der Waals surface area contributed by atoms with Crippen LogP contribution in [0.25, 0.3) is 0 Å². The van der Waals surface area contributed by atoms with E-state index in [0.29, 0.717) is 11.9 Å². The number of piperidine rings is 1. The minimum absolute atomic E-state index is 0.0855. The number of rotatable bonds is 5. The Balaban J connectivity index is 1.73. The first kappa shape index (κ1) is 18.5. The zero-order valence-electron chi connectivity index (χ0n) is 14.2. The van der Waals surface area contributed by atoms with E-state index < -0.39 is 21.7 Å². The molecule has 0 spiro atoms. The van der Waals surface area contributed by atoms with E-state index in [1.807, 2.05) is 0 Å². The molecule has 6 nitrogen and oxygen atoms in total. The Hall–Kier alpha value is -2.26. The van der Waals surface area contributed by atoms with Crippen LogP contribution in [0.15, 0.2) is 41.4 Å². The second-order valence-electron chi connectivity index (χ2n) is 6.04. The first-order chi connectivity index (χ1) is 12.4. The van der Waals surface area contributed by atoms with Gasteiger partial charge in [-0.3, -0.25) is 4.72 Å². The van der Waals surface area contributed by atoms with Crippen LogP contribution in [-0.2, 0) is 14.8 Å². The Kier molecular flexibility index (Phi) is 5.38. The monoisotopic (exact) mass is 383 g/mol. The van der Waals surface area contributed by atoms with E-state index >= 15 is 0 Å². The molecular formula is C17H19F2N3O3S. The summed E-state index contributed by atoms with van der Waals surface area (Å²) in [7, 11) is -2.30. The molecule has 9 heteroatoms. The van der Waals surface area contributed by atoms with Crippen LogP contribution in [0, 0.1) is 11.6 Å². The first-order valence-corrected chi connectivity index (χ1v) is 9.58. The molecule has 0 amide bonds. The number of aromatic nitrogens is 1. The van der Waals surface area contributed by atoms with Crippen LogP contribution < -0.4 is 9.62 Å². The number of ether oxygens (including phenoxy) is 1. The maximum Gasteiger partial charge on any atom is 0.263 e. The Labute approximate surface area is 150 Å². The normalized spacial score (nSPS) is 15.9. The number of anilines is 2. The van der Waals surface area contributed by atoms with Gasteiger partial charge in [0.1, 0.15) is 22.3 Å². The second kappa shape index (κ2) is 7.55. The van der Waals surface area contributed by atoms with E-state index in [1.54, 1.807) is 13.2 Å². The van der Waals surface area contributed by atoms with Gasteiger partial charge in [-0.15, -0.1) is 0 Å². The Morgan fingerprint density at radius 1 is 1.15 bits per heavy atom. The van der Waals surface area contributed by atoms with Crippen molar-refractivity contribution in [2.24, 2.45) is 0 Å². The molecule has 0 saturated carbocycles. The van der Waals surface area contributed by atoms with Crippen molar-refractivity contribution in [1.82, 2.24) is 4.98 Å². The number of hydrogen-bond acceptors (Lipinski definition) is 5. The Morgan fingerprint density at radius 3 is 2.35 bits per heavy atom. The molecule has 2 aromatic rings. The predicted octanol–water partition coefficient (Wildman–Crippen LogP) is 2.78. The van der Waals surface area contributed by atoms with Gasteiger partial charge < -0.3 is 9.64 Å². The standard InChI is InChI=1S/C17H19F2N3O3S/c1-25-15-4-6-22(7-5-15)17-3-2-16(11-20-17)26(23,24)21-14-9-12(18)8-13(19)10-14/h2-3,8-11,15,21H,4-7H2,1H3. The van der Waals surface area contributed by atoms with Crippen LogP contribution in [-0.4, -0.2) is 39.7 Å². The molecule has 0 atom stereocenters. The summed E-state index contributed by atoms with van der Waals surface area (Å²) < 4.78 is 58.6. The SMILES string of the molecule is COC1CCN(c2ccc(S(=O)(=O)Nc3cc(F)cc(F)c3)cn2)CC1. The third-order valence-electron chi connectivity index (χ3n) is 4.25. The molecule has 1 aliphatic rings. The van der Waals surface area contributed by atoms with E-state index in [-0.39, 0.29) is 16.7 Å². The van der Waals surface area contributed by atoms with Gasteiger partial charge in [-0.1, -0.05) is 0 Å². The van der Waals surface area contributed by atoms with Crippen LogP contribution >= 0.6 is 0 Å². The van der Waals surface area contributed by atoms with Crippen molar-refractivity contribution in [2.75, 3.05) is 29.8 Å². The molecule has 140 valence electrons. The van der Waals surface area contributed by atoms with Crippen LogP contribution in [0.3, 0.4) is 0 Å². The molecule has 0 aliphatic carbocycles. The molecule has 1 aromatic heterocycles. The fourth-order valence-corrected chi connectivity index (χ4v) is 3.85. The van der Waals surface area contributed by atoms with E-state index in [9.17, 15) is 17.2 Å². The molecule has 26 heavy (non-hydrogen) atoms. The molecule has 0 unspecified atom stereocenters. The quantitative estimate of drug-likeness (QED) is 0.860. The molecule has 1 aliphatic heterocycles. The van der Waals surface area contributed by atoms with Crippen LogP contribution in [0.2, 0.25) is 0 Å². The lowest BCUT2D eigenvalue weighted by Gasteiger charge is -2.32. The van der Waals surface area contributed by atoms with Crippen molar-refractivity contribution in [1.29, 1.82) is 0 Å². The highest BCUT2D eigenvalue weighted by molar-refractivity contribution is 7.92. The Morgan fingerprint density at radius 2 is 1.81 bits per heavy atom. The number of nitrogens with one attached hydrogen (secondary N) is 1. The summed E-state index contributed by atoms with van der Waals surface area (Å²) in [4.78, 5) is 6.19. The van der Waals surface area contributed by atoms with Gasteiger partial charge in [-0.05, 0) is 37.1 Å². The fourth-order valence-electron chi connectivity index (χ4n) is 2.87. The van der Waals surface area contributed by atoms with Gasteiger partial charge >= 0.3 is 0 Å². The topological polar surface area (TPSA) is 71.5 Å². The molecule has 1 N–H and O–H groups in total. The maximum atomic E-state index is 13.2. The fraction of sp³-hybridized carbons (Fsp3) is 0.353. The highest BCUT2D eigenvalue weighted by atomic mass is 32.2. The van der Waals surface area contributed by atoms with Crippen molar-refractivity contribution >= 4 is 21.5 Å². The first-order valence-electron chi connectivity index (χ1n) is 8.10. The summed E-state index contributed by atoms with van der Waals surface area (Å²) in [6.45, 7) is 1.55. The summed E-state index contributed by atoms with van der Waals surface area (Å²) in [6, 6.07) is 5.52. The third-order valence-corrected chi connectivity index (χ3v) is 5.61. The molecule has 1 fully saturated rings. The minimum Gasteiger partial charge on any atom is -0.381 e. The Bertz CT molecular complexity index is 847. The van der Waals surface area contributed by atoms with Crippen molar-refractivity contribution in [3.63, 3.8) is 0 Å². The lowest BCUT2D eigenvalue weighted by atomic mass is 10.1. The van der Waals surface area contributed by atoms with Gasteiger partial charge in [0.05, 0.1) is 11.8 Å². The number of benzene rings is 1. The molecule has 1 aromatic carbocycles. The summed E-state index contributed by atoms with van der Waals surface area (Å²) in [5.74, 6) is -1.05. The average Bonchev–Trinajstić information content (AvgIpc) is 2.60. The summed E-state index contributed by atoms with van der Waals surface area (Å²) in [6.07, 6.45) is 3.23. The van der Waals surface area contributed by atoms with Gasteiger partial charge in [-0.25, -0.2) is 22.2 Å². The number of pyridine rings is 1. The molecule has 0 radical (unpaired) electrons. The van der Waals surface area contributed by atoms with Gasteiger partial charge in [0.25, 0.3) is 10.0 Å². The van der Waals surface area contributed by atoms with Gasteiger partial charge in [0, 0.05) is 32.5 Å². The lowest BCUT2D eigenvalue weighted by molar-refractivity contribution is 0.0818. The number of sulfonamides is 1. The largest absolute Gasteiger partial charge is 0.381 e. The van der Waals surface area contributed by atoms with Crippen molar-refractivity contribution in [2.45, 2.75) is 23.8 Å². The number of hydrogen-bond donors (Lipinski definition) is 1. The molecule has 2 heterocycles. The zero-order valence-corrected chi connectivity index (χ0v) is 15.0. The van der Waals surface area contributed by atoms with Gasteiger partial charge in [-0.2, -0.15) is 0 Å². The van der Waals surface area contributed by atoms with Crippen LogP contribution in [0.4, 0.5) is 20.3 Å². The number of methoxy groups -OCH3 is 1. The van der Waals surface area contributed by atoms with E-state index in [2.05, 4.69) is 14.6 Å². The van der Waals surface area contributed by atoms with Gasteiger partial charge in [0.2, 0.25) is 0 Å². The van der Waals surface area contributed by atoms with Crippen molar-refractivity contribution in [3.8, 4) is 0 Å². The van der Waals surface area contributed by atoms with Gasteiger partial charge in [0.15, 0.2) is 0 Å². The van der Waals surface area contributed by atoms with Crippen molar-refractivity contribution in [3.05, 3.63) is 48.2 Å². The molecule has 0 bridgehead atoms. The zero-order chi connectivity index (χ0) is 18.7. The predicted molar refractivity (Wildman–Crippen MR) is 93.6 cm³/mol. The summed E-state index contributed by atoms with van der Waals surface area (Å²) in [5, 5.41) is 0. The lowest BCUT2D eigenvalue weighted by Crippen LogP contribution is -2.37. The van der Waals surface area contributed by atoms with Crippen molar-refractivity contribution < 1.29 is 21.9 Å². The number of halogens is 2. The molecule has 1 saturated heterocycles. The van der Waals surface area contributed by atoms with E-state index in [4.69, 9.17) is 4.74 Å². The number of nitrogens with zero attached hydrogens (tertiary/aromatic N) is 2. The molecular weight excluding hydrogens is 364 g/mol. The summed E-state index contributed by atoms with van der Waals surface area (Å²) >= 11 is 0. The highest BCUT2D eigenvalue weighted by Crippen LogP contribution is 2.22. The van der Waals surface area contributed by atoms with E-state index in [1.165, 1.54) is 12.3 Å². The summed E-state index contributed by atoms with van der Waals surface area (Å²) in [5.41, 5.74) is -0.187. The van der Waals surface area contributed by atoms with Crippen LogP contribution in [0.1, 0.15) is 12.8 Å². The highest BCUT2D eigenvalue weighted by Gasteiger charge is 2.21. The van der Waals surface area contributed by atoms with E-state index in [0.717, 1.165) is 38.1 Å². The maximum absolute atomic E-state index is 13.2. The van der Waals surface area contributed by atoms with Crippen LogP contribution in [0.5, 0.6) is 0 Å². The molecule has 3 rings (SSSR count). The smallest absolute Gasteiger partial charge is 0.263 e. The third kappa shape index (κ3) is 4.28.